The van der Waals surface area contributed by atoms with Crippen LogP contribution in [0, 0.1) is 0 Å². The Kier molecular flexibility index (Phi) is 7.15. The number of nitrogens with zero attached hydrogens (tertiary/aromatic N) is 2. The molecule has 118 valence electrons. The van der Waals surface area contributed by atoms with Crippen molar-refractivity contribution in [3.63, 3.8) is 0 Å². The van der Waals surface area contributed by atoms with Crippen LogP contribution in [0.2, 0.25) is 0 Å². The number of anilines is 1. The molecule has 0 aliphatic rings. The van der Waals surface area contributed by atoms with Gasteiger partial charge in [-0.2, -0.15) is 0 Å². The molecule has 0 unspecified atom stereocenters. The molecule has 1 heterocycles. The summed E-state index contributed by atoms with van der Waals surface area (Å²) in [6.45, 7) is 8.63. The summed E-state index contributed by atoms with van der Waals surface area (Å²) in [4.78, 5) is 18.9. The third kappa shape index (κ3) is 6.12. The van der Waals surface area contributed by atoms with Crippen molar-refractivity contribution in [1.29, 1.82) is 0 Å². The maximum Gasteiger partial charge on any atom is 0.251 e. The van der Waals surface area contributed by atoms with E-state index in [9.17, 15) is 4.79 Å². The van der Waals surface area contributed by atoms with Gasteiger partial charge in [-0.25, -0.2) is 4.98 Å². The average molecular weight is 292 g/mol. The monoisotopic (exact) mass is 292 g/mol. The lowest BCUT2D eigenvalue weighted by atomic mass is 10.1. The van der Waals surface area contributed by atoms with E-state index in [2.05, 4.69) is 34.4 Å². The molecule has 21 heavy (non-hydrogen) atoms. The molecule has 1 aromatic rings. The van der Waals surface area contributed by atoms with Gasteiger partial charge in [0.15, 0.2) is 0 Å². The highest BCUT2D eigenvalue weighted by molar-refractivity contribution is 5.95. The highest BCUT2D eigenvalue weighted by Gasteiger charge is 2.11. The fraction of sp³-hybridized carbons (Fsp3) is 0.625. The SMILES string of the molecule is CCNc1cc(C(=O)NCCCN(C)C)cc(C(C)C)n1. The van der Waals surface area contributed by atoms with Crippen LogP contribution in [-0.4, -0.2) is 49.5 Å². The van der Waals surface area contributed by atoms with E-state index < -0.39 is 0 Å². The summed E-state index contributed by atoms with van der Waals surface area (Å²) in [5, 5.41) is 6.15. The van der Waals surface area contributed by atoms with Crippen LogP contribution < -0.4 is 10.6 Å². The van der Waals surface area contributed by atoms with Crippen LogP contribution in [0.25, 0.3) is 0 Å². The number of hydrogen-bond donors (Lipinski definition) is 2. The van der Waals surface area contributed by atoms with Crippen LogP contribution in [0.4, 0.5) is 5.82 Å². The second-order valence-corrected chi connectivity index (χ2v) is 5.76. The number of hydrogen-bond acceptors (Lipinski definition) is 4. The lowest BCUT2D eigenvalue weighted by Gasteiger charge is -2.13. The molecule has 0 saturated carbocycles. The van der Waals surface area contributed by atoms with Gasteiger partial charge in [-0.1, -0.05) is 13.8 Å². The average Bonchev–Trinajstić information content (AvgIpc) is 2.43. The molecule has 0 fully saturated rings. The van der Waals surface area contributed by atoms with Gasteiger partial charge in [-0.15, -0.1) is 0 Å². The van der Waals surface area contributed by atoms with E-state index in [4.69, 9.17) is 0 Å². The van der Waals surface area contributed by atoms with Crippen LogP contribution in [-0.2, 0) is 0 Å². The van der Waals surface area contributed by atoms with E-state index in [1.807, 2.05) is 33.2 Å². The summed E-state index contributed by atoms with van der Waals surface area (Å²) in [7, 11) is 4.06. The summed E-state index contributed by atoms with van der Waals surface area (Å²) in [5.41, 5.74) is 1.61. The molecule has 0 aliphatic heterocycles. The van der Waals surface area contributed by atoms with Crippen LogP contribution in [0.3, 0.4) is 0 Å². The number of pyridine rings is 1. The molecule has 0 aromatic carbocycles. The topological polar surface area (TPSA) is 57.3 Å². The first-order valence-electron chi connectivity index (χ1n) is 7.62. The minimum absolute atomic E-state index is 0.0304. The molecule has 1 rings (SSSR count). The van der Waals surface area contributed by atoms with Crippen LogP contribution in [0.1, 0.15) is 49.2 Å². The van der Waals surface area contributed by atoms with Crippen LogP contribution >= 0.6 is 0 Å². The van der Waals surface area contributed by atoms with Crippen molar-refractivity contribution < 1.29 is 4.79 Å². The smallest absolute Gasteiger partial charge is 0.251 e. The van der Waals surface area contributed by atoms with Gasteiger partial charge in [0.25, 0.3) is 5.91 Å². The molecule has 0 bridgehead atoms. The van der Waals surface area contributed by atoms with E-state index in [1.54, 1.807) is 0 Å². The Hall–Kier alpha value is -1.62. The molecule has 1 aromatic heterocycles. The molecule has 0 aliphatic carbocycles. The van der Waals surface area contributed by atoms with Crippen molar-refractivity contribution in [3.8, 4) is 0 Å². The van der Waals surface area contributed by atoms with Gasteiger partial charge in [0.1, 0.15) is 5.82 Å². The quantitative estimate of drug-likeness (QED) is 0.722. The summed E-state index contributed by atoms with van der Waals surface area (Å²) in [5.74, 6) is 1.03. The molecule has 0 saturated heterocycles. The molecule has 0 atom stereocenters. The van der Waals surface area contributed by atoms with Gasteiger partial charge in [0.05, 0.1) is 0 Å². The van der Waals surface area contributed by atoms with Gasteiger partial charge in [0, 0.05) is 24.3 Å². The van der Waals surface area contributed by atoms with E-state index >= 15 is 0 Å². The molecule has 0 radical (unpaired) electrons. The molecular formula is C16H28N4O. The molecule has 5 nitrogen and oxygen atoms in total. The maximum absolute atomic E-state index is 12.2. The normalized spacial score (nSPS) is 11.0. The van der Waals surface area contributed by atoms with Crippen molar-refractivity contribution in [2.45, 2.75) is 33.1 Å². The summed E-state index contributed by atoms with van der Waals surface area (Å²) in [6, 6.07) is 3.70. The van der Waals surface area contributed by atoms with Crippen molar-refractivity contribution in [2.75, 3.05) is 39.0 Å². The molecule has 2 N–H and O–H groups in total. The zero-order valence-corrected chi connectivity index (χ0v) is 13.9. The Morgan fingerprint density at radius 3 is 2.62 bits per heavy atom. The van der Waals surface area contributed by atoms with Crippen molar-refractivity contribution in [2.24, 2.45) is 0 Å². The molecular weight excluding hydrogens is 264 g/mol. The number of amides is 1. The summed E-state index contributed by atoms with van der Waals surface area (Å²) < 4.78 is 0. The fourth-order valence-corrected chi connectivity index (χ4v) is 1.95. The Morgan fingerprint density at radius 1 is 1.33 bits per heavy atom. The number of aromatic nitrogens is 1. The molecule has 5 heteroatoms. The minimum atomic E-state index is -0.0304. The molecule has 0 spiro atoms. The minimum Gasteiger partial charge on any atom is -0.370 e. The largest absolute Gasteiger partial charge is 0.370 e. The third-order valence-corrected chi connectivity index (χ3v) is 3.12. The van der Waals surface area contributed by atoms with Gasteiger partial charge in [-0.05, 0) is 52.0 Å². The Labute approximate surface area is 128 Å². The van der Waals surface area contributed by atoms with Crippen molar-refractivity contribution in [3.05, 3.63) is 23.4 Å². The zero-order valence-electron chi connectivity index (χ0n) is 13.9. The zero-order chi connectivity index (χ0) is 15.8. The van der Waals surface area contributed by atoms with Gasteiger partial charge in [-0.3, -0.25) is 4.79 Å². The number of rotatable bonds is 8. The number of carbonyl (C=O) groups excluding carboxylic acids is 1. The lowest BCUT2D eigenvalue weighted by Crippen LogP contribution is -2.27. The van der Waals surface area contributed by atoms with Gasteiger partial charge >= 0.3 is 0 Å². The highest BCUT2D eigenvalue weighted by Crippen LogP contribution is 2.17. The first kappa shape index (κ1) is 17.4. The van der Waals surface area contributed by atoms with Crippen molar-refractivity contribution in [1.82, 2.24) is 15.2 Å². The predicted octanol–water partition coefficient (Wildman–Crippen LogP) is 2.32. The summed E-state index contributed by atoms with van der Waals surface area (Å²) in [6.07, 6.45) is 0.945. The lowest BCUT2D eigenvalue weighted by molar-refractivity contribution is 0.0952. The van der Waals surface area contributed by atoms with E-state index in [-0.39, 0.29) is 5.91 Å². The highest BCUT2D eigenvalue weighted by atomic mass is 16.1. The fourth-order valence-electron chi connectivity index (χ4n) is 1.95. The molecule has 1 amide bonds. The summed E-state index contributed by atoms with van der Waals surface area (Å²) >= 11 is 0. The Balaban J connectivity index is 2.73. The first-order valence-corrected chi connectivity index (χ1v) is 7.62. The number of carbonyl (C=O) groups is 1. The number of nitrogens with one attached hydrogen (secondary N) is 2. The van der Waals surface area contributed by atoms with Gasteiger partial charge in [0.2, 0.25) is 0 Å². The second-order valence-electron chi connectivity index (χ2n) is 5.76. The predicted molar refractivity (Wildman–Crippen MR) is 88.0 cm³/mol. The third-order valence-electron chi connectivity index (χ3n) is 3.12. The van der Waals surface area contributed by atoms with Crippen LogP contribution in [0.15, 0.2) is 12.1 Å². The Bertz CT molecular complexity index is 458. The van der Waals surface area contributed by atoms with Crippen molar-refractivity contribution >= 4 is 11.7 Å². The Morgan fingerprint density at radius 2 is 2.05 bits per heavy atom. The standard InChI is InChI=1S/C16H28N4O/c1-6-17-15-11-13(10-14(19-15)12(2)3)16(21)18-8-7-9-20(4)5/h10-12H,6-9H2,1-5H3,(H,17,19)(H,18,21). The first-order chi connectivity index (χ1) is 9.93. The van der Waals surface area contributed by atoms with Gasteiger partial charge < -0.3 is 15.5 Å². The van der Waals surface area contributed by atoms with E-state index in [0.717, 1.165) is 31.0 Å². The second kappa shape index (κ2) is 8.62. The maximum atomic E-state index is 12.2. The van der Waals surface area contributed by atoms with Crippen LogP contribution in [0.5, 0.6) is 0 Å². The van der Waals surface area contributed by atoms with E-state index in [1.165, 1.54) is 0 Å². The van der Waals surface area contributed by atoms with E-state index in [0.29, 0.717) is 18.0 Å².